The Labute approximate surface area is 173 Å². The molecule has 1 saturated carbocycles. The van der Waals surface area contributed by atoms with E-state index in [1.54, 1.807) is 11.8 Å². The van der Waals surface area contributed by atoms with Crippen LogP contribution in [0.1, 0.15) is 64.4 Å². The summed E-state index contributed by atoms with van der Waals surface area (Å²) in [6.07, 6.45) is 6.67. The first-order chi connectivity index (χ1) is 13.9. The van der Waals surface area contributed by atoms with Crippen molar-refractivity contribution in [3.63, 3.8) is 0 Å². The normalized spacial score (nSPS) is 25.9. The van der Waals surface area contributed by atoms with Crippen LogP contribution in [0.2, 0.25) is 0 Å². The molecule has 1 aromatic rings. The highest BCUT2D eigenvalue weighted by molar-refractivity contribution is 5.87. The molecule has 0 bridgehead atoms. The predicted octanol–water partition coefficient (Wildman–Crippen LogP) is 4.09. The van der Waals surface area contributed by atoms with Gasteiger partial charge in [-0.25, -0.2) is 4.79 Å². The van der Waals surface area contributed by atoms with Crippen LogP contribution in [0.15, 0.2) is 30.3 Å². The molecule has 5 nitrogen and oxygen atoms in total. The number of nitrogens with zero attached hydrogens (tertiary/aromatic N) is 1. The highest BCUT2D eigenvalue weighted by Gasteiger charge is 2.48. The van der Waals surface area contributed by atoms with Gasteiger partial charge in [-0.3, -0.25) is 9.59 Å². The number of likely N-dealkylation sites (tertiary alicyclic amines) is 1. The maximum Gasteiger partial charge on any atom is 0.326 e. The smallest absolute Gasteiger partial charge is 0.326 e. The van der Waals surface area contributed by atoms with E-state index in [2.05, 4.69) is 12.1 Å². The van der Waals surface area contributed by atoms with Crippen molar-refractivity contribution in [1.29, 1.82) is 0 Å². The molecule has 1 saturated heterocycles. The zero-order valence-electron chi connectivity index (χ0n) is 17.5. The fraction of sp³-hybridized carbons (Fsp3) is 0.625. The molecule has 3 rings (SSSR count). The molecule has 1 aliphatic heterocycles. The molecular formula is C24H33NO4. The van der Waals surface area contributed by atoms with Gasteiger partial charge in [-0.2, -0.15) is 0 Å². The third-order valence-electron chi connectivity index (χ3n) is 6.89. The lowest BCUT2D eigenvalue weighted by Crippen LogP contribution is -2.48. The second-order valence-electron chi connectivity index (χ2n) is 8.92. The summed E-state index contributed by atoms with van der Waals surface area (Å²) in [5, 5.41) is 9.69. The average Bonchev–Trinajstić information content (AvgIpc) is 3.10. The highest BCUT2D eigenvalue weighted by Crippen LogP contribution is 2.41. The Bertz CT molecular complexity index is 732. The van der Waals surface area contributed by atoms with E-state index in [1.807, 2.05) is 25.1 Å². The summed E-state index contributed by atoms with van der Waals surface area (Å²) >= 11 is 0. The van der Waals surface area contributed by atoms with Crippen molar-refractivity contribution in [3.05, 3.63) is 35.9 Å². The number of amides is 1. The van der Waals surface area contributed by atoms with Crippen LogP contribution in [-0.2, 0) is 20.8 Å². The minimum absolute atomic E-state index is 0.0555. The van der Waals surface area contributed by atoms with E-state index in [4.69, 9.17) is 0 Å². The van der Waals surface area contributed by atoms with E-state index in [0.717, 1.165) is 32.1 Å². The average molecular weight is 400 g/mol. The summed E-state index contributed by atoms with van der Waals surface area (Å²) in [6.45, 7) is 3.45. The first-order valence-corrected chi connectivity index (χ1v) is 11.0. The summed E-state index contributed by atoms with van der Waals surface area (Å²) < 4.78 is 0. The number of aryl methyl sites for hydroxylation is 1. The Hall–Kier alpha value is -2.17. The lowest BCUT2D eigenvalue weighted by atomic mass is 9.84. The second-order valence-corrected chi connectivity index (χ2v) is 8.92. The molecule has 0 spiro atoms. The van der Waals surface area contributed by atoms with Gasteiger partial charge < -0.3 is 10.0 Å². The number of aliphatic carboxylic acids is 1. The van der Waals surface area contributed by atoms with Crippen molar-refractivity contribution in [2.75, 3.05) is 0 Å². The van der Waals surface area contributed by atoms with E-state index < -0.39 is 12.0 Å². The van der Waals surface area contributed by atoms with E-state index in [9.17, 15) is 19.5 Å². The van der Waals surface area contributed by atoms with Crippen LogP contribution in [0.5, 0.6) is 0 Å². The molecule has 1 heterocycles. The maximum absolute atomic E-state index is 13.3. The monoisotopic (exact) mass is 399 g/mol. The van der Waals surface area contributed by atoms with Gasteiger partial charge >= 0.3 is 5.97 Å². The minimum atomic E-state index is -0.896. The fourth-order valence-corrected chi connectivity index (χ4v) is 5.25. The van der Waals surface area contributed by atoms with E-state index in [1.165, 1.54) is 5.56 Å². The van der Waals surface area contributed by atoms with Crippen molar-refractivity contribution < 1.29 is 19.5 Å². The molecule has 158 valence electrons. The Morgan fingerprint density at radius 3 is 2.48 bits per heavy atom. The SMILES string of the molecule is CC(=O)[C@H](CCc1ccccc1)C[C@@H](C)C(=O)N1[C@H](C(=O)O)C[C@H]2CCCC[C@@H]21. The Morgan fingerprint density at radius 1 is 1.14 bits per heavy atom. The number of carboxylic acids is 1. The molecule has 1 aliphatic carbocycles. The quantitative estimate of drug-likeness (QED) is 0.714. The highest BCUT2D eigenvalue weighted by atomic mass is 16.4. The standard InChI is InChI=1S/C24H33NO4/c1-16(14-19(17(2)26)13-12-18-8-4-3-5-9-18)23(27)25-21-11-7-6-10-20(21)15-22(25)24(28)29/h3-5,8-9,16,19-22H,6-7,10-15H2,1-2H3,(H,28,29)/t16-,19-,20-,21+,22+/m1/s1. The molecule has 1 aromatic carbocycles. The van der Waals surface area contributed by atoms with E-state index >= 15 is 0 Å². The predicted molar refractivity (Wildman–Crippen MR) is 111 cm³/mol. The van der Waals surface area contributed by atoms with Gasteiger partial charge in [0.2, 0.25) is 5.91 Å². The number of benzene rings is 1. The summed E-state index contributed by atoms with van der Waals surface area (Å²) in [6, 6.07) is 9.40. The van der Waals surface area contributed by atoms with Gasteiger partial charge in [0.15, 0.2) is 0 Å². The van der Waals surface area contributed by atoms with E-state index in [-0.39, 0.29) is 29.6 Å². The molecule has 1 N–H and O–H groups in total. The van der Waals surface area contributed by atoms with Crippen LogP contribution in [0.25, 0.3) is 0 Å². The first-order valence-electron chi connectivity index (χ1n) is 11.0. The number of hydrogen-bond donors (Lipinski definition) is 1. The molecule has 0 unspecified atom stereocenters. The fourth-order valence-electron chi connectivity index (χ4n) is 5.25. The van der Waals surface area contributed by atoms with Gasteiger partial charge in [-0.1, -0.05) is 50.1 Å². The van der Waals surface area contributed by atoms with Crippen LogP contribution >= 0.6 is 0 Å². The van der Waals surface area contributed by atoms with Crippen molar-refractivity contribution >= 4 is 17.7 Å². The molecular weight excluding hydrogens is 366 g/mol. The van der Waals surface area contributed by atoms with Crippen LogP contribution < -0.4 is 0 Å². The zero-order chi connectivity index (χ0) is 21.0. The largest absolute Gasteiger partial charge is 0.480 e. The van der Waals surface area contributed by atoms with Gasteiger partial charge in [-0.15, -0.1) is 0 Å². The van der Waals surface area contributed by atoms with Crippen LogP contribution in [0.3, 0.4) is 0 Å². The molecule has 5 heteroatoms. The number of Topliss-reactive ketones (excluding diaryl/α,β-unsaturated/α-hetero) is 1. The van der Waals surface area contributed by atoms with Gasteiger partial charge in [0.25, 0.3) is 0 Å². The first kappa shape index (κ1) is 21.5. The molecule has 29 heavy (non-hydrogen) atoms. The Morgan fingerprint density at radius 2 is 1.83 bits per heavy atom. The zero-order valence-corrected chi connectivity index (χ0v) is 17.5. The van der Waals surface area contributed by atoms with Crippen LogP contribution in [0.4, 0.5) is 0 Å². The molecule has 2 aliphatic rings. The summed E-state index contributed by atoms with van der Waals surface area (Å²) in [4.78, 5) is 39.0. The Kier molecular flexibility index (Phi) is 7.09. The van der Waals surface area contributed by atoms with E-state index in [0.29, 0.717) is 25.2 Å². The third kappa shape index (κ3) is 5.06. The number of rotatable bonds is 8. The van der Waals surface area contributed by atoms with Gasteiger partial charge in [0, 0.05) is 17.9 Å². The number of carbonyl (C=O) groups is 3. The number of carboxylic acid groups (broad SMARTS) is 1. The summed E-state index contributed by atoms with van der Waals surface area (Å²) in [7, 11) is 0. The van der Waals surface area contributed by atoms with Crippen molar-refractivity contribution in [3.8, 4) is 0 Å². The lowest BCUT2D eigenvalue weighted by Gasteiger charge is -2.35. The number of carbonyl (C=O) groups excluding carboxylic acids is 2. The number of ketones is 1. The van der Waals surface area contributed by atoms with Gasteiger partial charge in [-0.05, 0) is 56.9 Å². The van der Waals surface area contributed by atoms with Crippen molar-refractivity contribution in [2.45, 2.75) is 77.3 Å². The maximum atomic E-state index is 13.3. The molecule has 0 aromatic heterocycles. The number of fused-ring (bicyclic) bond motifs is 1. The lowest BCUT2D eigenvalue weighted by molar-refractivity contribution is -0.152. The van der Waals surface area contributed by atoms with Gasteiger partial charge in [0.05, 0.1) is 0 Å². The van der Waals surface area contributed by atoms with Crippen LogP contribution in [-0.4, -0.2) is 39.7 Å². The summed E-state index contributed by atoms with van der Waals surface area (Å²) in [5.41, 5.74) is 1.19. The second kappa shape index (κ2) is 9.55. The van der Waals surface area contributed by atoms with Crippen LogP contribution in [0, 0.1) is 17.8 Å². The van der Waals surface area contributed by atoms with Gasteiger partial charge in [0.1, 0.15) is 11.8 Å². The minimum Gasteiger partial charge on any atom is -0.480 e. The third-order valence-corrected chi connectivity index (χ3v) is 6.89. The number of hydrogen-bond acceptors (Lipinski definition) is 3. The molecule has 2 fully saturated rings. The summed E-state index contributed by atoms with van der Waals surface area (Å²) in [5.74, 6) is -1.09. The Balaban J connectivity index is 1.66. The molecule has 0 radical (unpaired) electrons. The van der Waals surface area contributed by atoms with Crippen molar-refractivity contribution in [1.82, 2.24) is 4.90 Å². The molecule has 1 amide bonds. The van der Waals surface area contributed by atoms with Crippen molar-refractivity contribution in [2.24, 2.45) is 17.8 Å². The topological polar surface area (TPSA) is 74.7 Å². The molecule has 5 atom stereocenters.